The molecule has 0 atom stereocenters. The maximum atomic E-state index is 8.58. The molecule has 0 amide bonds. The predicted molar refractivity (Wildman–Crippen MR) is 62.6 cm³/mol. The Bertz CT molecular complexity index is 84.3. The first-order chi connectivity index (χ1) is 6.91. The summed E-state index contributed by atoms with van der Waals surface area (Å²) in [7, 11) is 0. The van der Waals surface area contributed by atoms with Gasteiger partial charge in [0, 0.05) is 6.61 Å². The van der Waals surface area contributed by atoms with E-state index in [0.717, 1.165) is 13.0 Å². The summed E-state index contributed by atoms with van der Waals surface area (Å²) in [5, 5.41) is 11.9. The van der Waals surface area contributed by atoms with E-state index >= 15 is 0 Å². The van der Waals surface area contributed by atoms with Crippen molar-refractivity contribution in [3.05, 3.63) is 0 Å². The lowest BCUT2D eigenvalue weighted by Crippen LogP contribution is -2.13. The largest absolute Gasteiger partial charge is 0.396 e. The van der Waals surface area contributed by atoms with Gasteiger partial charge in [-0.15, -0.1) is 0 Å². The molecule has 0 saturated heterocycles. The van der Waals surface area contributed by atoms with Gasteiger partial charge in [-0.05, 0) is 25.9 Å². The van der Waals surface area contributed by atoms with E-state index in [0.29, 0.717) is 6.61 Å². The molecule has 0 aliphatic heterocycles. The third kappa shape index (κ3) is 11.9. The normalized spacial score (nSPS) is 10.7. The van der Waals surface area contributed by atoms with Gasteiger partial charge in [0.15, 0.2) is 0 Å². The second kappa shape index (κ2) is 12.9. The SMILES string of the molecule is CCNCCCCCCCCCCO. The van der Waals surface area contributed by atoms with Crippen molar-refractivity contribution in [1.29, 1.82) is 0 Å². The van der Waals surface area contributed by atoms with E-state index in [1.165, 1.54) is 51.5 Å². The van der Waals surface area contributed by atoms with Gasteiger partial charge in [0.05, 0.1) is 0 Å². The molecule has 0 radical (unpaired) electrons. The van der Waals surface area contributed by atoms with Crippen LogP contribution in [0.5, 0.6) is 0 Å². The topological polar surface area (TPSA) is 32.3 Å². The minimum absolute atomic E-state index is 0.364. The van der Waals surface area contributed by atoms with Crippen molar-refractivity contribution in [3.63, 3.8) is 0 Å². The van der Waals surface area contributed by atoms with Crippen LogP contribution in [0.4, 0.5) is 0 Å². The van der Waals surface area contributed by atoms with E-state index in [1.54, 1.807) is 0 Å². The quantitative estimate of drug-likeness (QED) is 0.504. The maximum absolute atomic E-state index is 8.58. The molecule has 0 aromatic rings. The fourth-order valence-electron chi connectivity index (χ4n) is 1.60. The number of hydrogen-bond acceptors (Lipinski definition) is 2. The molecule has 0 aromatic carbocycles. The zero-order valence-electron chi connectivity index (χ0n) is 9.73. The van der Waals surface area contributed by atoms with E-state index in [2.05, 4.69) is 12.2 Å². The van der Waals surface area contributed by atoms with Crippen molar-refractivity contribution in [2.24, 2.45) is 0 Å². The first-order valence-electron chi connectivity index (χ1n) is 6.23. The van der Waals surface area contributed by atoms with Crippen LogP contribution in [0.25, 0.3) is 0 Å². The van der Waals surface area contributed by atoms with E-state index in [-0.39, 0.29) is 0 Å². The van der Waals surface area contributed by atoms with Crippen LogP contribution in [0.15, 0.2) is 0 Å². The highest BCUT2D eigenvalue weighted by atomic mass is 16.2. The van der Waals surface area contributed by atoms with Crippen LogP contribution in [0.3, 0.4) is 0 Å². The molecule has 0 fully saturated rings. The summed E-state index contributed by atoms with van der Waals surface area (Å²) >= 11 is 0. The number of aliphatic hydroxyl groups excluding tert-OH is 1. The Hall–Kier alpha value is -0.0800. The van der Waals surface area contributed by atoms with Crippen molar-refractivity contribution < 1.29 is 5.11 Å². The minimum Gasteiger partial charge on any atom is -0.396 e. The van der Waals surface area contributed by atoms with Crippen LogP contribution in [0.1, 0.15) is 58.3 Å². The summed E-state index contributed by atoms with van der Waals surface area (Å²) < 4.78 is 0. The molecule has 0 aliphatic rings. The summed E-state index contributed by atoms with van der Waals surface area (Å²) in [6.45, 7) is 4.80. The Morgan fingerprint density at radius 2 is 1.29 bits per heavy atom. The lowest BCUT2D eigenvalue weighted by molar-refractivity contribution is 0.282. The molecule has 0 saturated carbocycles. The highest BCUT2D eigenvalue weighted by molar-refractivity contribution is 4.48. The fourth-order valence-corrected chi connectivity index (χ4v) is 1.60. The van der Waals surface area contributed by atoms with Crippen LogP contribution >= 0.6 is 0 Å². The average molecular weight is 201 g/mol. The molecule has 0 spiro atoms. The Morgan fingerprint density at radius 1 is 0.786 bits per heavy atom. The summed E-state index contributed by atoms with van der Waals surface area (Å²) in [4.78, 5) is 0. The van der Waals surface area contributed by atoms with Crippen LogP contribution in [0, 0.1) is 0 Å². The van der Waals surface area contributed by atoms with Crippen molar-refractivity contribution >= 4 is 0 Å². The summed E-state index contributed by atoms with van der Waals surface area (Å²) in [6.07, 6.45) is 10.3. The van der Waals surface area contributed by atoms with E-state index in [4.69, 9.17) is 5.11 Å². The van der Waals surface area contributed by atoms with Crippen molar-refractivity contribution in [2.45, 2.75) is 58.3 Å². The van der Waals surface area contributed by atoms with Crippen molar-refractivity contribution in [1.82, 2.24) is 5.32 Å². The van der Waals surface area contributed by atoms with E-state index < -0.39 is 0 Å². The van der Waals surface area contributed by atoms with Gasteiger partial charge in [0.1, 0.15) is 0 Å². The van der Waals surface area contributed by atoms with Crippen molar-refractivity contribution in [2.75, 3.05) is 19.7 Å². The monoisotopic (exact) mass is 201 g/mol. The van der Waals surface area contributed by atoms with Gasteiger partial charge in [-0.2, -0.15) is 0 Å². The van der Waals surface area contributed by atoms with Gasteiger partial charge in [0.25, 0.3) is 0 Å². The molecular formula is C12H27NO. The molecule has 0 aromatic heterocycles. The Morgan fingerprint density at radius 3 is 1.79 bits per heavy atom. The number of rotatable bonds is 11. The molecule has 14 heavy (non-hydrogen) atoms. The zero-order chi connectivity index (χ0) is 10.5. The number of unbranched alkanes of at least 4 members (excludes halogenated alkanes) is 7. The lowest BCUT2D eigenvalue weighted by atomic mass is 10.1. The van der Waals surface area contributed by atoms with Gasteiger partial charge in [0.2, 0.25) is 0 Å². The Kier molecular flexibility index (Phi) is 12.8. The molecule has 2 N–H and O–H groups in total. The molecular weight excluding hydrogens is 174 g/mol. The minimum atomic E-state index is 0.364. The molecule has 0 unspecified atom stereocenters. The van der Waals surface area contributed by atoms with Gasteiger partial charge in [-0.1, -0.05) is 45.4 Å². The van der Waals surface area contributed by atoms with Crippen LogP contribution < -0.4 is 5.32 Å². The molecule has 86 valence electrons. The van der Waals surface area contributed by atoms with Crippen LogP contribution in [-0.2, 0) is 0 Å². The van der Waals surface area contributed by atoms with Gasteiger partial charge >= 0.3 is 0 Å². The smallest absolute Gasteiger partial charge is 0.0431 e. The molecule has 0 heterocycles. The second-order valence-corrected chi connectivity index (χ2v) is 3.91. The van der Waals surface area contributed by atoms with Gasteiger partial charge < -0.3 is 10.4 Å². The fraction of sp³-hybridized carbons (Fsp3) is 1.00. The molecule has 0 aliphatic carbocycles. The highest BCUT2D eigenvalue weighted by Gasteiger charge is 1.91. The van der Waals surface area contributed by atoms with Crippen molar-refractivity contribution in [3.8, 4) is 0 Å². The lowest BCUT2D eigenvalue weighted by Gasteiger charge is -2.02. The third-order valence-corrected chi connectivity index (χ3v) is 2.51. The number of hydrogen-bond donors (Lipinski definition) is 2. The van der Waals surface area contributed by atoms with Crippen LogP contribution in [0.2, 0.25) is 0 Å². The number of aliphatic hydroxyl groups is 1. The summed E-state index contributed by atoms with van der Waals surface area (Å²) in [5.41, 5.74) is 0. The van der Waals surface area contributed by atoms with Gasteiger partial charge in [-0.25, -0.2) is 0 Å². The third-order valence-electron chi connectivity index (χ3n) is 2.51. The molecule has 2 heteroatoms. The molecule has 2 nitrogen and oxygen atoms in total. The second-order valence-electron chi connectivity index (χ2n) is 3.91. The molecule has 0 rings (SSSR count). The average Bonchev–Trinajstić information content (AvgIpc) is 2.21. The zero-order valence-corrected chi connectivity index (χ0v) is 9.73. The first kappa shape index (κ1) is 13.9. The maximum Gasteiger partial charge on any atom is 0.0431 e. The van der Waals surface area contributed by atoms with E-state index in [9.17, 15) is 0 Å². The predicted octanol–water partition coefficient (Wildman–Crippen LogP) is 2.71. The Labute approximate surface area is 89.1 Å². The van der Waals surface area contributed by atoms with Crippen LogP contribution in [-0.4, -0.2) is 24.8 Å². The number of nitrogens with one attached hydrogen (secondary N) is 1. The standard InChI is InChI=1S/C12H27NO/c1-2-13-11-9-7-5-3-4-6-8-10-12-14/h13-14H,2-12H2,1H3. The van der Waals surface area contributed by atoms with Gasteiger partial charge in [-0.3, -0.25) is 0 Å². The van der Waals surface area contributed by atoms with E-state index in [1.807, 2.05) is 0 Å². The Balaban J connectivity index is 2.78. The first-order valence-corrected chi connectivity index (χ1v) is 6.23. The highest BCUT2D eigenvalue weighted by Crippen LogP contribution is 2.07. The summed E-state index contributed by atoms with van der Waals surface area (Å²) in [5.74, 6) is 0. The summed E-state index contributed by atoms with van der Waals surface area (Å²) in [6, 6.07) is 0. The molecule has 0 bridgehead atoms.